The van der Waals surface area contributed by atoms with E-state index in [1.807, 2.05) is 26.2 Å². The molecule has 3 aromatic carbocycles. The monoisotopic (exact) mass is 495 g/mol. The SMILES string of the molecule is CN(C)c1ccc(C(CNC(=O)Nc2ccc(Cl)cc2)N2CCN(c3ccc(F)cc3)CC2)cc1. The Balaban J connectivity index is 1.43. The third-order valence-corrected chi connectivity index (χ3v) is 6.55. The lowest BCUT2D eigenvalue weighted by Crippen LogP contribution is -2.50. The second-order valence-corrected chi connectivity index (χ2v) is 9.28. The molecule has 4 rings (SSSR count). The third kappa shape index (κ3) is 6.65. The van der Waals surface area contributed by atoms with Crippen LogP contribution >= 0.6 is 11.6 Å². The molecular formula is C27H31ClFN5O. The summed E-state index contributed by atoms with van der Waals surface area (Å²) < 4.78 is 13.3. The summed E-state index contributed by atoms with van der Waals surface area (Å²) >= 11 is 5.93. The molecule has 6 nitrogen and oxygen atoms in total. The molecule has 0 aromatic heterocycles. The summed E-state index contributed by atoms with van der Waals surface area (Å²) in [6, 6.07) is 21.9. The maximum atomic E-state index is 13.3. The fourth-order valence-electron chi connectivity index (χ4n) is 4.29. The number of amides is 2. The van der Waals surface area contributed by atoms with Crippen molar-refractivity contribution >= 4 is 34.7 Å². The number of halogens is 2. The normalized spacial score (nSPS) is 14.9. The number of nitrogens with zero attached hydrogens (tertiary/aromatic N) is 3. The lowest BCUT2D eigenvalue weighted by atomic mass is 10.0. The Morgan fingerprint density at radius 3 is 2.17 bits per heavy atom. The van der Waals surface area contributed by atoms with E-state index in [0.717, 1.165) is 43.1 Å². The topological polar surface area (TPSA) is 50.9 Å². The molecule has 8 heteroatoms. The van der Waals surface area contributed by atoms with Crippen molar-refractivity contribution in [3.8, 4) is 0 Å². The second-order valence-electron chi connectivity index (χ2n) is 8.84. The zero-order valence-corrected chi connectivity index (χ0v) is 20.8. The quantitative estimate of drug-likeness (QED) is 0.471. The van der Waals surface area contributed by atoms with Gasteiger partial charge in [0.05, 0.1) is 6.04 Å². The van der Waals surface area contributed by atoms with Gasteiger partial charge in [0.15, 0.2) is 0 Å². The number of hydrogen-bond acceptors (Lipinski definition) is 4. The summed E-state index contributed by atoms with van der Waals surface area (Å²) in [4.78, 5) is 19.3. The Hall–Kier alpha value is -3.29. The van der Waals surface area contributed by atoms with Crippen molar-refractivity contribution in [1.82, 2.24) is 10.2 Å². The number of rotatable bonds is 7. The van der Waals surface area contributed by atoms with Gasteiger partial charge < -0.3 is 20.4 Å². The first-order valence-electron chi connectivity index (χ1n) is 11.7. The van der Waals surface area contributed by atoms with Crippen LogP contribution in [-0.2, 0) is 0 Å². The van der Waals surface area contributed by atoms with Gasteiger partial charge in [0.25, 0.3) is 0 Å². The Kier molecular flexibility index (Phi) is 8.10. The molecule has 0 radical (unpaired) electrons. The van der Waals surface area contributed by atoms with Gasteiger partial charge in [-0.1, -0.05) is 23.7 Å². The lowest BCUT2D eigenvalue weighted by Gasteiger charge is -2.40. The van der Waals surface area contributed by atoms with E-state index in [2.05, 4.69) is 49.6 Å². The number of carbonyl (C=O) groups is 1. The standard InChI is InChI=1S/C27H31ClFN5O/c1-32(2)24-11-3-20(4-12-24)26(19-30-27(35)31-23-9-5-21(28)6-10-23)34-17-15-33(16-18-34)25-13-7-22(29)8-14-25/h3-14,26H,15-19H2,1-2H3,(H2,30,31,35). The van der Waals surface area contributed by atoms with Crippen molar-refractivity contribution in [2.75, 3.05) is 61.9 Å². The van der Waals surface area contributed by atoms with E-state index < -0.39 is 0 Å². The minimum absolute atomic E-state index is 0.0255. The molecule has 1 fully saturated rings. The molecule has 1 unspecified atom stereocenters. The highest BCUT2D eigenvalue weighted by Gasteiger charge is 2.26. The average molecular weight is 496 g/mol. The van der Waals surface area contributed by atoms with Gasteiger partial charge in [-0.05, 0) is 66.2 Å². The molecule has 1 aliphatic rings. The summed E-state index contributed by atoms with van der Waals surface area (Å²) in [6.45, 7) is 3.79. The molecule has 1 aliphatic heterocycles. The highest BCUT2D eigenvalue weighted by Crippen LogP contribution is 2.26. The molecule has 0 aliphatic carbocycles. The fraction of sp³-hybridized carbons (Fsp3) is 0.296. The molecule has 1 atom stereocenters. The predicted molar refractivity (Wildman–Crippen MR) is 142 cm³/mol. The number of hydrogen-bond donors (Lipinski definition) is 2. The number of urea groups is 1. The molecule has 35 heavy (non-hydrogen) atoms. The van der Waals surface area contributed by atoms with Crippen LogP contribution in [0.15, 0.2) is 72.8 Å². The highest BCUT2D eigenvalue weighted by molar-refractivity contribution is 6.30. The van der Waals surface area contributed by atoms with Gasteiger partial charge in [-0.2, -0.15) is 0 Å². The van der Waals surface area contributed by atoms with Crippen molar-refractivity contribution in [2.45, 2.75) is 6.04 Å². The molecule has 1 heterocycles. The number of carbonyl (C=O) groups excluding carboxylic acids is 1. The first kappa shape index (κ1) is 24.8. The summed E-state index contributed by atoms with van der Waals surface area (Å²) in [7, 11) is 4.04. The smallest absolute Gasteiger partial charge is 0.319 e. The first-order valence-corrected chi connectivity index (χ1v) is 12.1. The summed E-state index contributed by atoms with van der Waals surface area (Å²) in [5.74, 6) is -0.225. The Morgan fingerprint density at radius 1 is 0.943 bits per heavy atom. The fourth-order valence-corrected chi connectivity index (χ4v) is 4.42. The third-order valence-electron chi connectivity index (χ3n) is 6.30. The average Bonchev–Trinajstić information content (AvgIpc) is 2.87. The van der Waals surface area contributed by atoms with Gasteiger partial charge in [0.1, 0.15) is 5.82 Å². The van der Waals surface area contributed by atoms with Crippen LogP contribution in [0.2, 0.25) is 5.02 Å². The van der Waals surface area contributed by atoms with E-state index in [9.17, 15) is 9.18 Å². The number of benzene rings is 3. The Labute approximate surface area is 211 Å². The van der Waals surface area contributed by atoms with Gasteiger partial charge in [-0.3, -0.25) is 4.90 Å². The molecule has 1 saturated heterocycles. The van der Waals surface area contributed by atoms with Gasteiger partial charge in [-0.25, -0.2) is 9.18 Å². The van der Waals surface area contributed by atoms with E-state index in [0.29, 0.717) is 17.3 Å². The molecule has 3 aromatic rings. The van der Waals surface area contributed by atoms with E-state index in [-0.39, 0.29) is 17.9 Å². The van der Waals surface area contributed by atoms with Gasteiger partial charge in [-0.15, -0.1) is 0 Å². The van der Waals surface area contributed by atoms with E-state index >= 15 is 0 Å². The van der Waals surface area contributed by atoms with Crippen LogP contribution < -0.4 is 20.4 Å². The van der Waals surface area contributed by atoms with E-state index in [1.54, 1.807) is 24.3 Å². The van der Waals surface area contributed by atoms with Crippen molar-refractivity contribution in [3.63, 3.8) is 0 Å². The maximum absolute atomic E-state index is 13.3. The summed E-state index contributed by atoms with van der Waals surface area (Å²) in [5.41, 5.74) is 3.99. The van der Waals surface area contributed by atoms with Crippen LogP contribution in [0.3, 0.4) is 0 Å². The molecule has 2 N–H and O–H groups in total. The highest BCUT2D eigenvalue weighted by atomic mass is 35.5. The Bertz CT molecular complexity index is 1100. The zero-order valence-electron chi connectivity index (χ0n) is 20.0. The number of anilines is 3. The maximum Gasteiger partial charge on any atom is 0.319 e. The zero-order chi connectivity index (χ0) is 24.8. The largest absolute Gasteiger partial charge is 0.378 e. The molecule has 0 saturated carbocycles. The van der Waals surface area contributed by atoms with Crippen LogP contribution in [0.1, 0.15) is 11.6 Å². The van der Waals surface area contributed by atoms with Gasteiger partial charge in [0, 0.05) is 68.9 Å². The van der Waals surface area contributed by atoms with Crippen LogP contribution in [0, 0.1) is 5.82 Å². The molecular weight excluding hydrogens is 465 g/mol. The van der Waals surface area contributed by atoms with Crippen molar-refractivity contribution < 1.29 is 9.18 Å². The second kappa shape index (κ2) is 11.4. The van der Waals surface area contributed by atoms with Crippen molar-refractivity contribution in [3.05, 3.63) is 89.2 Å². The molecule has 2 amide bonds. The van der Waals surface area contributed by atoms with Crippen molar-refractivity contribution in [1.29, 1.82) is 0 Å². The Morgan fingerprint density at radius 2 is 1.57 bits per heavy atom. The number of piperazine rings is 1. The van der Waals surface area contributed by atoms with Crippen LogP contribution in [-0.4, -0.2) is 57.8 Å². The van der Waals surface area contributed by atoms with Gasteiger partial charge >= 0.3 is 6.03 Å². The van der Waals surface area contributed by atoms with Gasteiger partial charge in [0.2, 0.25) is 0 Å². The number of nitrogens with one attached hydrogen (secondary N) is 2. The summed E-state index contributed by atoms with van der Waals surface area (Å²) in [5, 5.41) is 6.52. The minimum atomic E-state index is -0.257. The van der Waals surface area contributed by atoms with Crippen LogP contribution in [0.5, 0.6) is 0 Å². The van der Waals surface area contributed by atoms with Crippen molar-refractivity contribution in [2.24, 2.45) is 0 Å². The first-order chi connectivity index (χ1) is 16.9. The van der Waals surface area contributed by atoms with E-state index in [1.165, 1.54) is 12.1 Å². The summed E-state index contributed by atoms with van der Waals surface area (Å²) in [6.07, 6.45) is 0. The minimum Gasteiger partial charge on any atom is -0.378 e. The predicted octanol–water partition coefficient (Wildman–Crippen LogP) is 5.23. The molecule has 184 valence electrons. The lowest BCUT2D eigenvalue weighted by molar-refractivity contribution is 0.182. The van der Waals surface area contributed by atoms with Crippen LogP contribution in [0.25, 0.3) is 0 Å². The molecule has 0 bridgehead atoms. The molecule has 0 spiro atoms. The van der Waals surface area contributed by atoms with E-state index in [4.69, 9.17) is 11.6 Å². The van der Waals surface area contributed by atoms with Crippen LogP contribution in [0.4, 0.5) is 26.2 Å².